The third kappa shape index (κ3) is 5.50. The first-order valence-electron chi connectivity index (χ1n) is 8.87. The van der Waals surface area contributed by atoms with Crippen molar-refractivity contribution in [2.75, 3.05) is 13.1 Å². The second-order valence-corrected chi connectivity index (χ2v) is 6.90. The largest absolute Gasteiger partial charge is 0.474 e. The summed E-state index contributed by atoms with van der Waals surface area (Å²) in [6.07, 6.45) is 9.53. The van der Waals surface area contributed by atoms with Gasteiger partial charge in [-0.3, -0.25) is 0 Å². The molecular formula is C18H29IN4O. The zero-order chi connectivity index (χ0) is 16.1. The molecule has 3 rings (SSSR count). The minimum Gasteiger partial charge on any atom is -0.474 e. The van der Waals surface area contributed by atoms with Crippen molar-refractivity contribution in [2.24, 2.45) is 16.6 Å². The molecule has 0 bridgehead atoms. The SMILES string of the molecule is CC1CCCN(C(N)=NCc2ccc(OC3CCCC3)nc2)C1.I. The standard InChI is InChI=1S/C18H28N4O.HI/c1-14-5-4-10-22(13-14)18(19)21-12-15-8-9-17(20-11-15)23-16-6-2-3-7-16;/h8-9,11,14,16H,2-7,10,12-13H2,1H3,(H2,19,21);1H. The Morgan fingerprint density at radius 1 is 1.29 bits per heavy atom. The molecule has 1 aromatic rings. The fourth-order valence-corrected chi connectivity index (χ4v) is 3.42. The Hall–Kier alpha value is -1.05. The first-order valence-corrected chi connectivity index (χ1v) is 8.87. The van der Waals surface area contributed by atoms with Gasteiger partial charge in [0, 0.05) is 25.4 Å². The van der Waals surface area contributed by atoms with Crippen molar-refractivity contribution < 1.29 is 4.74 Å². The van der Waals surface area contributed by atoms with Crippen molar-refractivity contribution >= 4 is 29.9 Å². The molecule has 0 aromatic carbocycles. The van der Waals surface area contributed by atoms with Gasteiger partial charge in [-0.05, 0) is 50.0 Å². The average molecular weight is 444 g/mol. The Morgan fingerprint density at radius 2 is 2.08 bits per heavy atom. The number of halogens is 1. The van der Waals surface area contributed by atoms with Crippen LogP contribution in [0.15, 0.2) is 23.3 Å². The summed E-state index contributed by atoms with van der Waals surface area (Å²) in [4.78, 5) is 11.1. The normalized spacial score (nSPS) is 22.3. The van der Waals surface area contributed by atoms with E-state index >= 15 is 0 Å². The maximum absolute atomic E-state index is 6.13. The molecule has 2 heterocycles. The minimum absolute atomic E-state index is 0. The van der Waals surface area contributed by atoms with Crippen LogP contribution in [0.4, 0.5) is 0 Å². The zero-order valence-corrected chi connectivity index (χ0v) is 16.8. The molecule has 0 radical (unpaired) electrons. The van der Waals surface area contributed by atoms with Gasteiger partial charge in [-0.1, -0.05) is 13.0 Å². The van der Waals surface area contributed by atoms with Crippen molar-refractivity contribution in [3.05, 3.63) is 23.9 Å². The van der Waals surface area contributed by atoms with Gasteiger partial charge in [0.25, 0.3) is 0 Å². The molecule has 134 valence electrons. The summed E-state index contributed by atoms with van der Waals surface area (Å²) >= 11 is 0. The number of aromatic nitrogens is 1. The Balaban J connectivity index is 0.00000208. The van der Waals surface area contributed by atoms with Crippen LogP contribution in [0.25, 0.3) is 0 Å². The number of guanidine groups is 1. The minimum atomic E-state index is 0. The highest BCUT2D eigenvalue weighted by molar-refractivity contribution is 14.0. The van der Waals surface area contributed by atoms with Crippen LogP contribution >= 0.6 is 24.0 Å². The van der Waals surface area contributed by atoms with Crippen molar-refractivity contribution in [1.29, 1.82) is 0 Å². The second-order valence-electron chi connectivity index (χ2n) is 6.90. The quantitative estimate of drug-likeness (QED) is 0.438. The first kappa shape index (κ1) is 19.3. The van der Waals surface area contributed by atoms with Gasteiger partial charge < -0.3 is 15.4 Å². The van der Waals surface area contributed by atoms with E-state index in [1.54, 1.807) is 0 Å². The fraction of sp³-hybridized carbons (Fsp3) is 0.667. The van der Waals surface area contributed by atoms with Crippen LogP contribution in [0.5, 0.6) is 5.88 Å². The molecule has 2 fully saturated rings. The van der Waals surface area contributed by atoms with Gasteiger partial charge in [0.15, 0.2) is 5.96 Å². The van der Waals surface area contributed by atoms with Gasteiger partial charge in [0.05, 0.1) is 6.54 Å². The van der Waals surface area contributed by atoms with E-state index < -0.39 is 0 Å². The number of hydrogen-bond donors (Lipinski definition) is 1. The summed E-state index contributed by atoms with van der Waals surface area (Å²) in [5.74, 6) is 2.08. The Kier molecular flexibility index (Phi) is 7.58. The van der Waals surface area contributed by atoms with E-state index in [4.69, 9.17) is 10.5 Å². The summed E-state index contributed by atoms with van der Waals surface area (Å²) in [6.45, 7) is 4.88. The number of aliphatic imine (C=N–C) groups is 1. The predicted molar refractivity (Wildman–Crippen MR) is 108 cm³/mol. The summed E-state index contributed by atoms with van der Waals surface area (Å²) in [6, 6.07) is 3.98. The van der Waals surface area contributed by atoms with Crippen LogP contribution in [0.2, 0.25) is 0 Å². The molecule has 1 aliphatic carbocycles. The molecule has 24 heavy (non-hydrogen) atoms. The molecule has 2 aliphatic rings. The monoisotopic (exact) mass is 444 g/mol. The van der Waals surface area contributed by atoms with Gasteiger partial charge in [-0.15, -0.1) is 24.0 Å². The maximum atomic E-state index is 6.13. The molecule has 1 aromatic heterocycles. The number of ether oxygens (including phenoxy) is 1. The van der Waals surface area contributed by atoms with Crippen LogP contribution < -0.4 is 10.5 Å². The highest BCUT2D eigenvalue weighted by atomic mass is 127. The molecule has 1 saturated heterocycles. The van der Waals surface area contributed by atoms with Gasteiger partial charge in [-0.2, -0.15) is 0 Å². The molecule has 1 atom stereocenters. The number of likely N-dealkylation sites (tertiary alicyclic amines) is 1. The summed E-state index contributed by atoms with van der Waals surface area (Å²) in [5, 5.41) is 0. The van der Waals surface area contributed by atoms with Crippen LogP contribution in [0.3, 0.4) is 0 Å². The summed E-state index contributed by atoms with van der Waals surface area (Å²) < 4.78 is 5.88. The van der Waals surface area contributed by atoms with Gasteiger partial charge in [0.2, 0.25) is 5.88 Å². The molecular weight excluding hydrogens is 415 g/mol. The molecule has 0 spiro atoms. The Morgan fingerprint density at radius 3 is 2.75 bits per heavy atom. The number of nitrogens with zero attached hydrogens (tertiary/aromatic N) is 3. The fourth-order valence-electron chi connectivity index (χ4n) is 3.42. The number of pyridine rings is 1. The topological polar surface area (TPSA) is 63.7 Å². The van der Waals surface area contributed by atoms with Gasteiger partial charge in [0.1, 0.15) is 6.10 Å². The van der Waals surface area contributed by atoms with E-state index in [9.17, 15) is 0 Å². The van der Waals surface area contributed by atoms with Crippen molar-refractivity contribution in [1.82, 2.24) is 9.88 Å². The van der Waals surface area contributed by atoms with Crippen LogP contribution in [0.1, 0.15) is 51.0 Å². The highest BCUT2D eigenvalue weighted by Crippen LogP contribution is 2.23. The van der Waals surface area contributed by atoms with Crippen molar-refractivity contribution in [3.63, 3.8) is 0 Å². The highest BCUT2D eigenvalue weighted by Gasteiger charge is 2.18. The molecule has 1 unspecified atom stereocenters. The molecule has 5 nitrogen and oxygen atoms in total. The smallest absolute Gasteiger partial charge is 0.213 e. The van der Waals surface area contributed by atoms with E-state index in [1.165, 1.54) is 25.7 Å². The third-order valence-corrected chi connectivity index (χ3v) is 4.79. The van der Waals surface area contributed by atoms with E-state index in [1.807, 2.05) is 18.3 Å². The number of nitrogens with two attached hydrogens (primary N) is 1. The number of rotatable bonds is 4. The zero-order valence-electron chi connectivity index (χ0n) is 14.5. The van der Waals surface area contributed by atoms with E-state index in [0.29, 0.717) is 24.5 Å². The van der Waals surface area contributed by atoms with Gasteiger partial charge >= 0.3 is 0 Å². The van der Waals surface area contributed by atoms with E-state index in [-0.39, 0.29) is 24.0 Å². The second kappa shape index (κ2) is 9.44. The van der Waals surface area contributed by atoms with Crippen LogP contribution in [-0.4, -0.2) is 35.0 Å². The van der Waals surface area contributed by atoms with E-state index in [2.05, 4.69) is 21.8 Å². The average Bonchev–Trinajstić information content (AvgIpc) is 3.07. The van der Waals surface area contributed by atoms with Gasteiger partial charge in [-0.25, -0.2) is 9.98 Å². The summed E-state index contributed by atoms with van der Waals surface area (Å²) in [5.41, 5.74) is 7.19. The maximum Gasteiger partial charge on any atom is 0.213 e. The summed E-state index contributed by atoms with van der Waals surface area (Å²) in [7, 11) is 0. The van der Waals surface area contributed by atoms with Crippen LogP contribution in [-0.2, 0) is 6.54 Å². The lowest BCUT2D eigenvalue weighted by Gasteiger charge is -2.31. The third-order valence-electron chi connectivity index (χ3n) is 4.79. The Labute approximate surface area is 162 Å². The molecule has 2 N–H and O–H groups in total. The van der Waals surface area contributed by atoms with Crippen LogP contribution in [0, 0.1) is 5.92 Å². The first-order chi connectivity index (χ1) is 11.2. The van der Waals surface area contributed by atoms with Crippen molar-refractivity contribution in [2.45, 2.75) is 58.1 Å². The number of hydrogen-bond acceptors (Lipinski definition) is 3. The predicted octanol–water partition coefficient (Wildman–Crippen LogP) is 3.57. The molecule has 6 heteroatoms. The van der Waals surface area contributed by atoms with E-state index in [0.717, 1.165) is 37.4 Å². The Bertz CT molecular complexity index is 528. The lowest BCUT2D eigenvalue weighted by molar-refractivity contribution is 0.201. The number of piperidine rings is 1. The lowest BCUT2D eigenvalue weighted by Crippen LogP contribution is -2.43. The molecule has 1 aliphatic heterocycles. The van der Waals surface area contributed by atoms with Crippen molar-refractivity contribution in [3.8, 4) is 5.88 Å². The molecule has 1 saturated carbocycles. The lowest BCUT2D eigenvalue weighted by atomic mass is 10.0. The molecule has 0 amide bonds.